The van der Waals surface area contributed by atoms with Gasteiger partial charge >= 0.3 is 0 Å². The van der Waals surface area contributed by atoms with Crippen LogP contribution in [0, 0.1) is 6.92 Å². The van der Waals surface area contributed by atoms with Gasteiger partial charge in [-0.25, -0.2) is 0 Å². The zero-order valence-electron chi connectivity index (χ0n) is 26.6. The van der Waals surface area contributed by atoms with Gasteiger partial charge in [0.15, 0.2) is 0 Å². The van der Waals surface area contributed by atoms with Gasteiger partial charge in [-0.1, -0.05) is 121 Å². The van der Waals surface area contributed by atoms with Gasteiger partial charge in [0.05, 0.1) is 0 Å². The number of hydrogen-bond acceptors (Lipinski definition) is 2. The van der Waals surface area contributed by atoms with E-state index >= 15 is 0 Å². The maximum atomic E-state index is 4.54. The molecule has 0 heterocycles. The first-order valence-corrected chi connectivity index (χ1v) is 16.0. The lowest BCUT2D eigenvalue weighted by molar-refractivity contribution is 0.966. The largest absolute Gasteiger partial charge is 0.358 e. The fraction of sp³-hybridized carbons (Fsp3) is 0.0909. The summed E-state index contributed by atoms with van der Waals surface area (Å²) in [6.07, 6.45) is 15.0. The summed E-state index contributed by atoms with van der Waals surface area (Å²) in [6, 6.07) is 42.9. The number of anilines is 3. The van der Waals surface area contributed by atoms with E-state index in [1.54, 1.807) is 0 Å². The molecule has 1 aliphatic carbocycles. The SMILES string of the molecule is C=C(/C=C\C(=CC)c1ccccc1)c1cc(-c2cccc(-c3cc(C)ccc3Nc3ccccc3)c2)ccc1NC1=CC=CCC1. The van der Waals surface area contributed by atoms with E-state index in [2.05, 4.69) is 177 Å². The second-order valence-electron chi connectivity index (χ2n) is 11.6. The summed E-state index contributed by atoms with van der Waals surface area (Å²) < 4.78 is 0. The minimum absolute atomic E-state index is 0.954. The van der Waals surface area contributed by atoms with Crippen molar-refractivity contribution in [2.45, 2.75) is 26.7 Å². The first-order chi connectivity index (χ1) is 22.6. The third-order valence-corrected chi connectivity index (χ3v) is 8.29. The van der Waals surface area contributed by atoms with Gasteiger partial charge in [0.1, 0.15) is 0 Å². The lowest BCUT2D eigenvalue weighted by Crippen LogP contribution is -2.03. The van der Waals surface area contributed by atoms with E-state index in [0.29, 0.717) is 0 Å². The van der Waals surface area contributed by atoms with Crippen LogP contribution in [0.15, 0.2) is 170 Å². The third-order valence-electron chi connectivity index (χ3n) is 8.29. The zero-order valence-corrected chi connectivity index (χ0v) is 26.6. The lowest BCUT2D eigenvalue weighted by atomic mass is 9.93. The Morgan fingerprint density at radius 2 is 1.43 bits per heavy atom. The Bertz CT molecular complexity index is 1960. The van der Waals surface area contributed by atoms with Gasteiger partial charge in [-0.3, -0.25) is 0 Å². The van der Waals surface area contributed by atoms with E-state index in [0.717, 1.165) is 52.2 Å². The zero-order chi connectivity index (χ0) is 31.7. The second-order valence-corrected chi connectivity index (χ2v) is 11.6. The van der Waals surface area contributed by atoms with E-state index in [1.165, 1.54) is 33.5 Å². The molecule has 0 aromatic heterocycles. The van der Waals surface area contributed by atoms with Crippen molar-refractivity contribution in [2.75, 3.05) is 10.6 Å². The van der Waals surface area contributed by atoms with Gasteiger partial charge in [-0.05, 0) is 109 Å². The van der Waals surface area contributed by atoms with Crippen molar-refractivity contribution in [1.82, 2.24) is 0 Å². The minimum Gasteiger partial charge on any atom is -0.358 e. The number of allylic oxidation sites excluding steroid dienone is 9. The lowest BCUT2D eigenvalue weighted by Gasteiger charge is -2.18. The molecule has 5 aromatic rings. The molecule has 0 saturated heterocycles. The quantitative estimate of drug-likeness (QED) is 0.157. The molecule has 0 radical (unpaired) electrons. The maximum Gasteiger partial charge on any atom is 0.0464 e. The molecule has 226 valence electrons. The average molecular weight is 597 g/mol. The van der Waals surface area contributed by atoms with Crippen LogP contribution < -0.4 is 10.6 Å². The molecule has 5 aromatic carbocycles. The minimum atomic E-state index is 0.954. The van der Waals surface area contributed by atoms with Crippen LogP contribution in [0.4, 0.5) is 17.1 Å². The fourth-order valence-corrected chi connectivity index (χ4v) is 5.80. The molecule has 0 fully saturated rings. The molecule has 0 atom stereocenters. The standard InChI is InChI=1S/C44H40N2/c1-4-34(35-15-8-5-9-16-35)25-24-33(3)41-31-37(26-28-43(41)45-39-19-10-6-11-20-39)36-17-14-18-38(30-36)42-29-32(2)23-27-44(42)46-40-21-12-7-13-22-40/h4-10,12-19,21-31,45-46H,3,11,20H2,1-2H3/b25-24-,34-4?. The summed E-state index contributed by atoms with van der Waals surface area (Å²) in [7, 11) is 0. The van der Waals surface area contributed by atoms with Gasteiger partial charge in [0, 0.05) is 33.9 Å². The highest BCUT2D eigenvalue weighted by atomic mass is 14.9. The smallest absolute Gasteiger partial charge is 0.0464 e. The Morgan fingerprint density at radius 3 is 2.20 bits per heavy atom. The molecule has 0 saturated carbocycles. The van der Waals surface area contributed by atoms with Crippen LogP contribution in [0.3, 0.4) is 0 Å². The van der Waals surface area contributed by atoms with Crippen molar-refractivity contribution < 1.29 is 0 Å². The Morgan fingerprint density at radius 1 is 0.696 bits per heavy atom. The van der Waals surface area contributed by atoms with E-state index < -0.39 is 0 Å². The Kier molecular flexibility index (Phi) is 9.56. The molecule has 6 rings (SSSR count). The van der Waals surface area contributed by atoms with E-state index in [1.807, 2.05) is 12.1 Å². The first-order valence-electron chi connectivity index (χ1n) is 16.0. The van der Waals surface area contributed by atoms with Crippen LogP contribution in [0.5, 0.6) is 0 Å². The maximum absolute atomic E-state index is 4.54. The highest BCUT2D eigenvalue weighted by Gasteiger charge is 2.12. The third kappa shape index (κ3) is 7.36. The normalized spacial score (nSPS) is 13.0. The number of rotatable bonds is 10. The van der Waals surface area contributed by atoms with Crippen LogP contribution >= 0.6 is 0 Å². The fourth-order valence-electron chi connectivity index (χ4n) is 5.80. The Balaban J connectivity index is 1.36. The average Bonchev–Trinajstić information content (AvgIpc) is 3.11. The van der Waals surface area contributed by atoms with Crippen molar-refractivity contribution in [1.29, 1.82) is 0 Å². The molecule has 2 nitrogen and oxygen atoms in total. The molecular weight excluding hydrogens is 556 g/mol. The van der Waals surface area contributed by atoms with Crippen molar-refractivity contribution in [3.05, 3.63) is 187 Å². The first kappa shape index (κ1) is 30.4. The number of hydrogen-bond donors (Lipinski definition) is 2. The highest BCUT2D eigenvalue weighted by Crippen LogP contribution is 2.36. The van der Waals surface area contributed by atoms with E-state index in [4.69, 9.17) is 0 Å². The molecule has 0 bridgehead atoms. The molecule has 46 heavy (non-hydrogen) atoms. The second kappa shape index (κ2) is 14.5. The van der Waals surface area contributed by atoms with Crippen LogP contribution in [-0.2, 0) is 0 Å². The molecule has 0 aliphatic heterocycles. The Hall–Kier alpha value is -5.60. The van der Waals surface area contributed by atoms with Crippen LogP contribution in [0.25, 0.3) is 33.4 Å². The van der Waals surface area contributed by atoms with Crippen LogP contribution in [0.1, 0.15) is 36.5 Å². The molecule has 0 amide bonds. The monoisotopic (exact) mass is 596 g/mol. The Labute approximate surface area is 273 Å². The molecular formula is C44H40N2. The molecule has 0 spiro atoms. The summed E-state index contributed by atoms with van der Waals surface area (Å²) >= 11 is 0. The number of aryl methyl sites for hydroxylation is 1. The van der Waals surface area contributed by atoms with Crippen molar-refractivity contribution in [3.8, 4) is 22.3 Å². The van der Waals surface area contributed by atoms with Crippen LogP contribution in [0.2, 0.25) is 0 Å². The summed E-state index contributed by atoms with van der Waals surface area (Å²) in [5.41, 5.74) is 14.7. The molecule has 1 aliphatic rings. The summed E-state index contributed by atoms with van der Waals surface area (Å²) in [6.45, 7) is 8.77. The van der Waals surface area contributed by atoms with Crippen molar-refractivity contribution in [2.24, 2.45) is 0 Å². The molecule has 0 unspecified atom stereocenters. The molecule has 2 heteroatoms. The number of para-hydroxylation sites is 1. The van der Waals surface area contributed by atoms with Gasteiger partial charge in [0.25, 0.3) is 0 Å². The van der Waals surface area contributed by atoms with Crippen molar-refractivity contribution >= 4 is 28.2 Å². The van der Waals surface area contributed by atoms with Gasteiger partial charge in [0.2, 0.25) is 0 Å². The highest BCUT2D eigenvalue weighted by molar-refractivity contribution is 5.89. The van der Waals surface area contributed by atoms with Crippen molar-refractivity contribution in [3.63, 3.8) is 0 Å². The summed E-state index contributed by atoms with van der Waals surface area (Å²) in [4.78, 5) is 0. The predicted octanol–water partition coefficient (Wildman–Crippen LogP) is 12.4. The van der Waals surface area contributed by atoms with Gasteiger partial charge < -0.3 is 10.6 Å². The molecule has 2 N–H and O–H groups in total. The topological polar surface area (TPSA) is 24.1 Å². The van der Waals surface area contributed by atoms with E-state index in [-0.39, 0.29) is 0 Å². The predicted molar refractivity (Wildman–Crippen MR) is 200 cm³/mol. The van der Waals surface area contributed by atoms with Gasteiger partial charge in [-0.15, -0.1) is 0 Å². The summed E-state index contributed by atoms with van der Waals surface area (Å²) in [5, 5.41) is 7.33. The van der Waals surface area contributed by atoms with Gasteiger partial charge in [-0.2, -0.15) is 0 Å². The van der Waals surface area contributed by atoms with Crippen LogP contribution in [-0.4, -0.2) is 0 Å². The number of benzene rings is 5. The summed E-state index contributed by atoms with van der Waals surface area (Å²) in [5.74, 6) is 0. The van der Waals surface area contributed by atoms with E-state index in [9.17, 15) is 0 Å². The number of nitrogens with one attached hydrogen (secondary N) is 2.